The van der Waals surface area contributed by atoms with Crippen LogP contribution in [0.4, 0.5) is 0 Å². The molecule has 0 radical (unpaired) electrons. The van der Waals surface area contributed by atoms with Crippen molar-refractivity contribution >= 4 is 103 Å². The summed E-state index contributed by atoms with van der Waals surface area (Å²) in [5.41, 5.74) is 9.07. The predicted octanol–water partition coefficient (Wildman–Crippen LogP) is 12.1. The summed E-state index contributed by atoms with van der Waals surface area (Å²) in [4.78, 5) is 10.9. The highest BCUT2D eigenvalue weighted by Crippen LogP contribution is 2.47. The van der Waals surface area contributed by atoms with E-state index in [4.69, 9.17) is 9.97 Å². The molecule has 8 aromatic carbocycles. The van der Waals surface area contributed by atoms with Crippen LogP contribution in [-0.4, -0.2) is 23.5 Å². The fraction of sp³-hybridized carbons (Fsp3) is 0. The van der Waals surface area contributed by atoms with E-state index in [1.807, 2.05) is 0 Å². The smallest absolute Gasteiger partial charge is 0.237 e. The third-order valence-electron chi connectivity index (χ3n) is 11.5. The summed E-state index contributed by atoms with van der Waals surface area (Å²) in [6.07, 6.45) is 0. The first-order chi connectivity index (χ1) is 26.3. The van der Waals surface area contributed by atoms with Gasteiger partial charge in [-0.1, -0.05) is 121 Å². The number of para-hydroxylation sites is 5. The molecule has 5 heterocycles. The van der Waals surface area contributed by atoms with Gasteiger partial charge in [0.2, 0.25) is 5.95 Å². The molecule has 53 heavy (non-hydrogen) atoms. The van der Waals surface area contributed by atoms with E-state index < -0.39 is 0 Å². The van der Waals surface area contributed by atoms with Crippen LogP contribution in [0.15, 0.2) is 164 Å². The number of hydrogen-bond donors (Lipinski definition) is 0. The number of nitrogens with zero attached hydrogens (tertiary/aromatic N) is 5. The van der Waals surface area contributed by atoms with Gasteiger partial charge < -0.3 is 4.40 Å². The monoisotopic (exact) mass is 673 g/mol. The van der Waals surface area contributed by atoms with E-state index >= 15 is 0 Å². The summed E-state index contributed by atoms with van der Waals surface area (Å²) in [5, 5.41) is 13.3. The van der Waals surface area contributed by atoms with Gasteiger partial charge >= 0.3 is 0 Å². The van der Waals surface area contributed by atoms with E-state index in [1.165, 1.54) is 70.4 Å². The van der Waals surface area contributed by atoms with Crippen LogP contribution in [0, 0.1) is 0 Å². The molecule has 0 unspecified atom stereocenters. The molecule has 5 heteroatoms. The van der Waals surface area contributed by atoms with Gasteiger partial charge in [-0.05, 0) is 47.9 Å². The van der Waals surface area contributed by atoms with Gasteiger partial charge in [-0.25, -0.2) is 4.98 Å². The summed E-state index contributed by atoms with van der Waals surface area (Å²) in [5.74, 6) is 1.52. The Morgan fingerprint density at radius 1 is 0.340 bits per heavy atom. The average Bonchev–Trinajstić information content (AvgIpc) is 3.94. The first-order valence-corrected chi connectivity index (χ1v) is 18.1. The highest BCUT2D eigenvalue weighted by atomic mass is 15.2. The lowest BCUT2D eigenvalue weighted by molar-refractivity contribution is 0.973. The molecule has 0 fully saturated rings. The minimum absolute atomic E-state index is 0.652. The summed E-state index contributed by atoms with van der Waals surface area (Å²) in [6, 6.07) is 59.0. The van der Waals surface area contributed by atoms with E-state index in [0.29, 0.717) is 5.95 Å². The Morgan fingerprint density at radius 3 is 1.64 bits per heavy atom. The van der Waals surface area contributed by atoms with Gasteiger partial charge in [0.25, 0.3) is 0 Å². The fourth-order valence-electron chi connectivity index (χ4n) is 9.45. The van der Waals surface area contributed by atoms with Gasteiger partial charge in [-0.15, -0.1) is 0 Å². The number of hydrogen-bond acceptors (Lipinski definition) is 2. The van der Waals surface area contributed by atoms with Gasteiger partial charge in [0, 0.05) is 53.9 Å². The number of fused-ring (bicyclic) bond motifs is 16. The Morgan fingerprint density at radius 2 is 0.906 bits per heavy atom. The number of rotatable bonds is 2. The zero-order chi connectivity index (χ0) is 34.4. The second-order valence-corrected chi connectivity index (χ2v) is 14.2. The lowest BCUT2D eigenvalue weighted by atomic mass is 10.0. The molecule has 0 bridgehead atoms. The zero-order valence-corrected chi connectivity index (χ0v) is 28.3. The van der Waals surface area contributed by atoms with Crippen molar-refractivity contribution in [3.63, 3.8) is 0 Å². The first kappa shape index (κ1) is 27.5. The third kappa shape index (κ3) is 3.37. The summed E-state index contributed by atoms with van der Waals surface area (Å²) in [7, 11) is 0. The standard InChI is InChI=1S/C48H27N5/c1-2-14-29-28(13-1)25-26-32-36-27-42-43(44-35-19-7-12-24-41(35)53(45(29)32)46(36)44)34-18-6-11-23-40(34)52(42)48-49-37-20-8-3-17-33(37)47(50-48)51-38-21-9-4-15-30(38)31-16-5-10-22-39(31)51/h1-27H. The summed E-state index contributed by atoms with van der Waals surface area (Å²) in [6.45, 7) is 0. The maximum atomic E-state index is 5.58. The van der Waals surface area contributed by atoms with Crippen molar-refractivity contribution in [1.82, 2.24) is 23.5 Å². The lowest BCUT2D eigenvalue weighted by Gasteiger charge is -2.14. The van der Waals surface area contributed by atoms with Gasteiger partial charge in [0.15, 0.2) is 5.82 Å². The second-order valence-electron chi connectivity index (χ2n) is 14.2. The molecule has 13 rings (SSSR count). The SMILES string of the molecule is c1ccc2c(c1)ccc1c3cc4c(c5ccccc5n4-c4nc(-n5c6ccccc6c6ccccc65)c5ccccc5n4)c4c5ccccc5n(c21)c34. The Hall–Kier alpha value is -7.24. The largest absolute Gasteiger partial charge is 0.307 e. The molecule has 5 nitrogen and oxygen atoms in total. The Bertz CT molecular complexity index is 3640. The lowest BCUT2D eigenvalue weighted by Crippen LogP contribution is -2.07. The van der Waals surface area contributed by atoms with E-state index in [9.17, 15) is 0 Å². The van der Waals surface area contributed by atoms with Crippen LogP contribution in [0.1, 0.15) is 0 Å². The quantitative estimate of drug-likeness (QED) is 0.183. The van der Waals surface area contributed by atoms with Crippen molar-refractivity contribution in [1.29, 1.82) is 0 Å². The molecular formula is C48H27N5. The maximum Gasteiger partial charge on any atom is 0.237 e. The molecule has 0 saturated heterocycles. The van der Waals surface area contributed by atoms with Crippen LogP contribution in [0.2, 0.25) is 0 Å². The minimum Gasteiger partial charge on any atom is -0.307 e. The summed E-state index contributed by atoms with van der Waals surface area (Å²) < 4.78 is 7.13. The third-order valence-corrected chi connectivity index (χ3v) is 11.5. The Kier molecular flexibility index (Phi) is 5.06. The molecule has 5 aromatic heterocycles. The zero-order valence-electron chi connectivity index (χ0n) is 28.3. The fourth-order valence-corrected chi connectivity index (χ4v) is 9.45. The molecule has 0 aliphatic carbocycles. The number of aromatic nitrogens is 5. The molecule has 0 spiro atoms. The molecule has 0 saturated carbocycles. The predicted molar refractivity (Wildman–Crippen MR) is 220 cm³/mol. The van der Waals surface area contributed by atoms with Gasteiger partial charge in [0.1, 0.15) is 0 Å². The van der Waals surface area contributed by atoms with Crippen molar-refractivity contribution in [3.8, 4) is 11.8 Å². The van der Waals surface area contributed by atoms with Crippen LogP contribution in [0.3, 0.4) is 0 Å². The summed E-state index contributed by atoms with van der Waals surface area (Å²) >= 11 is 0. The molecular weight excluding hydrogens is 647 g/mol. The van der Waals surface area contributed by atoms with Crippen LogP contribution < -0.4 is 0 Å². The molecule has 0 atom stereocenters. The van der Waals surface area contributed by atoms with Crippen LogP contribution in [0.5, 0.6) is 0 Å². The molecule has 13 aromatic rings. The highest BCUT2D eigenvalue weighted by Gasteiger charge is 2.26. The van der Waals surface area contributed by atoms with E-state index in [0.717, 1.165) is 38.8 Å². The van der Waals surface area contributed by atoms with Crippen molar-refractivity contribution in [2.75, 3.05) is 0 Å². The minimum atomic E-state index is 0.652. The van der Waals surface area contributed by atoms with Crippen molar-refractivity contribution < 1.29 is 0 Å². The highest BCUT2D eigenvalue weighted by molar-refractivity contribution is 6.37. The first-order valence-electron chi connectivity index (χ1n) is 18.1. The molecule has 0 N–H and O–H groups in total. The maximum absolute atomic E-state index is 5.58. The topological polar surface area (TPSA) is 40.0 Å². The molecule has 0 aliphatic heterocycles. The van der Waals surface area contributed by atoms with Crippen LogP contribution in [-0.2, 0) is 0 Å². The van der Waals surface area contributed by atoms with Crippen molar-refractivity contribution in [3.05, 3.63) is 164 Å². The molecule has 244 valence electrons. The van der Waals surface area contributed by atoms with Crippen LogP contribution >= 0.6 is 0 Å². The average molecular weight is 674 g/mol. The van der Waals surface area contributed by atoms with Crippen molar-refractivity contribution in [2.45, 2.75) is 0 Å². The Balaban J connectivity index is 1.24. The van der Waals surface area contributed by atoms with Gasteiger partial charge in [-0.2, -0.15) is 4.98 Å². The van der Waals surface area contributed by atoms with Crippen molar-refractivity contribution in [2.24, 2.45) is 0 Å². The van der Waals surface area contributed by atoms with E-state index in [1.54, 1.807) is 0 Å². The van der Waals surface area contributed by atoms with Gasteiger partial charge in [0.05, 0.1) is 44.1 Å². The van der Waals surface area contributed by atoms with E-state index in [-0.39, 0.29) is 0 Å². The molecule has 0 aliphatic rings. The number of benzene rings is 8. The second kappa shape index (κ2) is 9.75. The molecule has 0 amide bonds. The van der Waals surface area contributed by atoms with E-state index in [2.05, 4.69) is 177 Å². The normalized spacial score (nSPS) is 12.5. The Labute approximate surface area is 301 Å². The van der Waals surface area contributed by atoms with Crippen LogP contribution in [0.25, 0.3) is 115 Å². The van der Waals surface area contributed by atoms with Gasteiger partial charge in [-0.3, -0.25) is 9.13 Å².